The molecule has 0 amide bonds. The summed E-state index contributed by atoms with van der Waals surface area (Å²) in [4.78, 5) is 18.2. The minimum Gasteiger partial charge on any atom is -0.461 e. The maximum absolute atomic E-state index is 11.7. The van der Waals surface area contributed by atoms with Crippen LogP contribution in [0.3, 0.4) is 0 Å². The van der Waals surface area contributed by atoms with Crippen LogP contribution in [-0.4, -0.2) is 30.6 Å². The van der Waals surface area contributed by atoms with Crippen molar-refractivity contribution in [2.75, 3.05) is 24.6 Å². The number of fused-ring (bicyclic) bond motifs is 1. The van der Waals surface area contributed by atoms with Crippen LogP contribution >= 0.6 is 0 Å². The molecule has 0 N–H and O–H groups in total. The lowest BCUT2D eigenvalue weighted by Gasteiger charge is -2.13. The number of carbonyl (C=O) groups excluding carboxylic acids is 1. The van der Waals surface area contributed by atoms with Crippen LogP contribution in [0.15, 0.2) is 4.42 Å². The topological polar surface area (TPSA) is 55.6 Å². The summed E-state index contributed by atoms with van der Waals surface area (Å²) < 4.78 is 10.6. The molecule has 2 unspecified atom stereocenters. The van der Waals surface area contributed by atoms with Crippen molar-refractivity contribution in [2.45, 2.75) is 33.1 Å². The SMILES string of the molecule is CCOC(=O)c1nc(N2CC3CCCC3C2)oc1C. The Labute approximate surface area is 112 Å². The second-order valence-corrected chi connectivity index (χ2v) is 5.48. The largest absolute Gasteiger partial charge is 0.461 e. The Morgan fingerprint density at radius 1 is 1.42 bits per heavy atom. The van der Waals surface area contributed by atoms with E-state index in [0.717, 1.165) is 24.9 Å². The van der Waals surface area contributed by atoms with Gasteiger partial charge in [0, 0.05) is 13.1 Å². The summed E-state index contributed by atoms with van der Waals surface area (Å²) in [5.74, 6) is 1.70. The molecule has 1 saturated heterocycles. The number of ether oxygens (including phenoxy) is 1. The molecule has 0 aromatic carbocycles. The van der Waals surface area contributed by atoms with Gasteiger partial charge >= 0.3 is 5.97 Å². The predicted molar refractivity (Wildman–Crippen MR) is 70.2 cm³/mol. The molecule has 0 bridgehead atoms. The first-order valence-electron chi connectivity index (χ1n) is 7.08. The summed E-state index contributed by atoms with van der Waals surface area (Å²) in [5.41, 5.74) is 0.314. The average Bonchev–Trinajstić information content (AvgIpc) is 3.01. The third kappa shape index (κ3) is 2.22. The maximum atomic E-state index is 11.7. The Balaban J connectivity index is 1.76. The second kappa shape index (κ2) is 4.87. The van der Waals surface area contributed by atoms with E-state index in [2.05, 4.69) is 9.88 Å². The highest BCUT2D eigenvalue weighted by atomic mass is 16.5. The lowest BCUT2D eigenvalue weighted by atomic mass is 10.0. The van der Waals surface area contributed by atoms with Gasteiger partial charge in [-0.05, 0) is 38.5 Å². The molecule has 5 nitrogen and oxygen atoms in total. The fourth-order valence-corrected chi connectivity index (χ4v) is 3.30. The van der Waals surface area contributed by atoms with E-state index in [1.807, 2.05) is 0 Å². The third-order valence-corrected chi connectivity index (χ3v) is 4.25. The summed E-state index contributed by atoms with van der Waals surface area (Å²) >= 11 is 0. The summed E-state index contributed by atoms with van der Waals surface area (Å²) in [6, 6.07) is 0.579. The van der Waals surface area contributed by atoms with Crippen molar-refractivity contribution in [2.24, 2.45) is 11.8 Å². The first kappa shape index (κ1) is 12.5. The highest BCUT2D eigenvalue weighted by Crippen LogP contribution is 2.39. The Bertz CT molecular complexity index is 471. The van der Waals surface area contributed by atoms with Crippen molar-refractivity contribution < 1.29 is 13.9 Å². The predicted octanol–water partition coefficient (Wildman–Crippen LogP) is 2.40. The molecule has 2 heterocycles. The van der Waals surface area contributed by atoms with Gasteiger partial charge < -0.3 is 14.1 Å². The fraction of sp³-hybridized carbons (Fsp3) is 0.714. The first-order valence-corrected chi connectivity index (χ1v) is 7.08. The monoisotopic (exact) mass is 264 g/mol. The van der Waals surface area contributed by atoms with Gasteiger partial charge in [0.05, 0.1) is 6.61 Å². The lowest BCUT2D eigenvalue weighted by molar-refractivity contribution is 0.0518. The average molecular weight is 264 g/mol. The van der Waals surface area contributed by atoms with Crippen LogP contribution < -0.4 is 4.90 Å². The zero-order chi connectivity index (χ0) is 13.4. The molecule has 0 radical (unpaired) electrons. The molecule has 0 spiro atoms. The molecular formula is C14H20N2O3. The Morgan fingerprint density at radius 2 is 2.11 bits per heavy atom. The molecule has 1 aliphatic carbocycles. The summed E-state index contributed by atoms with van der Waals surface area (Å²) in [6.45, 7) is 5.92. The number of hydrogen-bond donors (Lipinski definition) is 0. The number of carbonyl (C=O) groups is 1. The third-order valence-electron chi connectivity index (χ3n) is 4.25. The molecule has 1 aliphatic heterocycles. The summed E-state index contributed by atoms with van der Waals surface area (Å²) in [6.07, 6.45) is 3.97. The van der Waals surface area contributed by atoms with Crippen molar-refractivity contribution >= 4 is 12.0 Å². The van der Waals surface area contributed by atoms with Crippen LogP contribution in [-0.2, 0) is 4.74 Å². The number of rotatable bonds is 3. The van der Waals surface area contributed by atoms with E-state index >= 15 is 0 Å². The van der Waals surface area contributed by atoms with Gasteiger partial charge in [0.15, 0.2) is 5.69 Å². The van der Waals surface area contributed by atoms with E-state index in [1.54, 1.807) is 13.8 Å². The van der Waals surface area contributed by atoms with Gasteiger partial charge in [0.25, 0.3) is 6.01 Å². The van der Waals surface area contributed by atoms with E-state index in [1.165, 1.54) is 19.3 Å². The molecule has 1 aromatic rings. The molecule has 2 aliphatic rings. The Kier molecular flexibility index (Phi) is 3.21. The van der Waals surface area contributed by atoms with Gasteiger partial charge in [0.2, 0.25) is 0 Å². The van der Waals surface area contributed by atoms with Gasteiger partial charge in [-0.1, -0.05) is 6.42 Å². The maximum Gasteiger partial charge on any atom is 0.360 e. The van der Waals surface area contributed by atoms with E-state index in [4.69, 9.17) is 9.15 Å². The van der Waals surface area contributed by atoms with Crippen molar-refractivity contribution in [3.63, 3.8) is 0 Å². The number of esters is 1. The molecule has 2 fully saturated rings. The van der Waals surface area contributed by atoms with Gasteiger partial charge in [-0.3, -0.25) is 0 Å². The minimum absolute atomic E-state index is 0.314. The number of oxazole rings is 1. The van der Waals surface area contributed by atoms with Crippen LogP contribution in [0.25, 0.3) is 0 Å². The zero-order valence-electron chi connectivity index (χ0n) is 11.5. The molecule has 104 valence electrons. The fourth-order valence-electron chi connectivity index (χ4n) is 3.30. The van der Waals surface area contributed by atoms with Gasteiger partial charge in [-0.2, -0.15) is 4.98 Å². The van der Waals surface area contributed by atoms with Gasteiger partial charge in [-0.25, -0.2) is 4.79 Å². The Morgan fingerprint density at radius 3 is 2.74 bits per heavy atom. The van der Waals surface area contributed by atoms with E-state index in [0.29, 0.717) is 24.1 Å². The lowest BCUT2D eigenvalue weighted by Crippen LogP contribution is -2.21. The number of aryl methyl sites for hydroxylation is 1. The molecule has 1 aromatic heterocycles. The number of aromatic nitrogens is 1. The van der Waals surface area contributed by atoms with Gasteiger partial charge in [0.1, 0.15) is 5.76 Å². The van der Waals surface area contributed by atoms with Crippen molar-refractivity contribution in [1.82, 2.24) is 4.98 Å². The van der Waals surface area contributed by atoms with Crippen LogP contribution in [0.4, 0.5) is 6.01 Å². The molecule has 19 heavy (non-hydrogen) atoms. The van der Waals surface area contributed by atoms with Crippen LogP contribution in [0.5, 0.6) is 0 Å². The van der Waals surface area contributed by atoms with E-state index < -0.39 is 5.97 Å². The van der Waals surface area contributed by atoms with Crippen LogP contribution in [0.1, 0.15) is 42.4 Å². The number of nitrogens with zero attached hydrogens (tertiary/aromatic N) is 2. The molecule has 3 rings (SSSR count). The molecule has 5 heteroatoms. The van der Waals surface area contributed by atoms with Crippen molar-refractivity contribution in [3.8, 4) is 0 Å². The standard InChI is InChI=1S/C14H20N2O3/c1-3-18-13(17)12-9(2)19-14(15-12)16-7-10-5-4-6-11(10)8-16/h10-11H,3-8H2,1-2H3. The smallest absolute Gasteiger partial charge is 0.360 e. The van der Waals surface area contributed by atoms with Crippen molar-refractivity contribution in [1.29, 1.82) is 0 Å². The highest BCUT2D eigenvalue weighted by molar-refractivity contribution is 5.88. The number of anilines is 1. The van der Waals surface area contributed by atoms with E-state index in [9.17, 15) is 4.79 Å². The summed E-state index contributed by atoms with van der Waals surface area (Å²) in [7, 11) is 0. The zero-order valence-corrected chi connectivity index (χ0v) is 11.5. The Hall–Kier alpha value is -1.52. The first-order chi connectivity index (χ1) is 9.19. The summed E-state index contributed by atoms with van der Waals surface area (Å²) in [5, 5.41) is 0. The normalized spacial score (nSPS) is 25.7. The van der Waals surface area contributed by atoms with Crippen LogP contribution in [0.2, 0.25) is 0 Å². The molecule has 2 atom stereocenters. The second-order valence-electron chi connectivity index (χ2n) is 5.48. The van der Waals surface area contributed by atoms with Crippen LogP contribution in [0, 0.1) is 18.8 Å². The quantitative estimate of drug-likeness (QED) is 0.785. The van der Waals surface area contributed by atoms with E-state index in [-0.39, 0.29) is 0 Å². The molecular weight excluding hydrogens is 244 g/mol. The minimum atomic E-state index is -0.394. The molecule has 1 saturated carbocycles. The van der Waals surface area contributed by atoms with Crippen molar-refractivity contribution in [3.05, 3.63) is 11.5 Å². The highest BCUT2D eigenvalue weighted by Gasteiger charge is 2.38. The van der Waals surface area contributed by atoms with Gasteiger partial charge in [-0.15, -0.1) is 0 Å². The number of hydrogen-bond acceptors (Lipinski definition) is 5.